The lowest BCUT2D eigenvalue weighted by Gasteiger charge is -2.33. The van der Waals surface area contributed by atoms with Gasteiger partial charge in [0.05, 0.1) is 17.8 Å². The van der Waals surface area contributed by atoms with E-state index < -0.39 is 0 Å². The summed E-state index contributed by atoms with van der Waals surface area (Å²) in [5, 5.41) is 0. The molecule has 0 N–H and O–H groups in total. The van der Waals surface area contributed by atoms with Gasteiger partial charge in [0, 0.05) is 6.61 Å². The van der Waals surface area contributed by atoms with Gasteiger partial charge >= 0.3 is 0 Å². The zero-order valence-electron chi connectivity index (χ0n) is 13.6. The molecule has 2 atom stereocenters. The first kappa shape index (κ1) is 17.9. The average molecular weight is 258 g/mol. The van der Waals surface area contributed by atoms with Crippen LogP contribution in [0.3, 0.4) is 0 Å². The molecule has 0 bridgehead atoms. The summed E-state index contributed by atoms with van der Waals surface area (Å²) >= 11 is 0. The molecule has 0 saturated carbocycles. The Morgan fingerprint density at radius 2 is 1.61 bits per heavy atom. The molecule has 0 aromatic rings. The summed E-state index contributed by atoms with van der Waals surface area (Å²) in [6.07, 6.45) is 5.01. The summed E-state index contributed by atoms with van der Waals surface area (Å²) in [5.74, 6) is 0.584. The number of ether oxygens (including phenoxy) is 2. The molecule has 2 heteroatoms. The third-order valence-corrected chi connectivity index (χ3v) is 2.81. The molecule has 0 saturated heterocycles. The van der Waals surface area contributed by atoms with Crippen molar-refractivity contribution in [3.63, 3.8) is 0 Å². The van der Waals surface area contributed by atoms with E-state index >= 15 is 0 Å². The predicted molar refractivity (Wildman–Crippen MR) is 79.0 cm³/mol. The van der Waals surface area contributed by atoms with Crippen LogP contribution in [0.2, 0.25) is 0 Å². The molecule has 0 fully saturated rings. The molecule has 0 radical (unpaired) electrons. The van der Waals surface area contributed by atoms with Crippen LogP contribution in [-0.4, -0.2) is 24.4 Å². The van der Waals surface area contributed by atoms with Crippen molar-refractivity contribution in [2.75, 3.05) is 6.61 Å². The SMILES string of the molecule is CCCCC(OC(C)(C)C)C(CC)OCC(C)C. The highest BCUT2D eigenvalue weighted by molar-refractivity contribution is 4.74. The van der Waals surface area contributed by atoms with E-state index in [2.05, 4.69) is 48.5 Å². The molecule has 2 nitrogen and oxygen atoms in total. The lowest BCUT2D eigenvalue weighted by atomic mass is 10.0. The molecule has 0 aromatic carbocycles. The minimum absolute atomic E-state index is 0.0903. The van der Waals surface area contributed by atoms with Crippen molar-refractivity contribution in [3.05, 3.63) is 0 Å². The lowest BCUT2D eigenvalue weighted by Crippen LogP contribution is -2.38. The Morgan fingerprint density at radius 1 is 1.00 bits per heavy atom. The van der Waals surface area contributed by atoms with E-state index in [-0.39, 0.29) is 17.8 Å². The van der Waals surface area contributed by atoms with Gasteiger partial charge in [-0.25, -0.2) is 0 Å². The van der Waals surface area contributed by atoms with Gasteiger partial charge in [-0.15, -0.1) is 0 Å². The lowest BCUT2D eigenvalue weighted by molar-refractivity contribution is -0.136. The van der Waals surface area contributed by atoms with Crippen molar-refractivity contribution >= 4 is 0 Å². The van der Waals surface area contributed by atoms with Crippen molar-refractivity contribution in [2.24, 2.45) is 5.92 Å². The van der Waals surface area contributed by atoms with E-state index in [4.69, 9.17) is 9.47 Å². The summed E-state index contributed by atoms with van der Waals surface area (Å²) < 4.78 is 12.2. The number of rotatable bonds is 9. The normalized spacial score (nSPS) is 16.0. The summed E-state index contributed by atoms with van der Waals surface area (Å²) in [7, 11) is 0. The third-order valence-electron chi connectivity index (χ3n) is 2.81. The Labute approximate surface area is 114 Å². The molecule has 0 aliphatic heterocycles. The summed E-state index contributed by atoms with van der Waals surface area (Å²) in [6.45, 7) is 16.0. The van der Waals surface area contributed by atoms with Gasteiger partial charge in [0.1, 0.15) is 0 Å². The molecule has 0 aliphatic rings. The van der Waals surface area contributed by atoms with Crippen LogP contribution in [0.15, 0.2) is 0 Å². The quantitative estimate of drug-likeness (QED) is 0.591. The summed E-state index contributed by atoms with van der Waals surface area (Å²) in [4.78, 5) is 0. The molecule has 0 rings (SSSR count). The van der Waals surface area contributed by atoms with Crippen LogP contribution in [0.5, 0.6) is 0 Å². The van der Waals surface area contributed by atoms with Gasteiger partial charge < -0.3 is 9.47 Å². The average Bonchev–Trinajstić information content (AvgIpc) is 2.24. The molecule has 110 valence electrons. The van der Waals surface area contributed by atoms with Crippen molar-refractivity contribution in [1.82, 2.24) is 0 Å². The van der Waals surface area contributed by atoms with Gasteiger partial charge in [0.2, 0.25) is 0 Å². The molecule has 0 aromatic heterocycles. The van der Waals surface area contributed by atoms with Gasteiger partial charge in [0.15, 0.2) is 0 Å². The molecular weight excluding hydrogens is 224 g/mol. The van der Waals surface area contributed by atoms with Crippen molar-refractivity contribution < 1.29 is 9.47 Å². The largest absolute Gasteiger partial charge is 0.375 e. The molecule has 0 aliphatic carbocycles. The molecule has 0 heterocycles. The fourth-order valence-corrected chi connectivity index (χ4v) is 1.98. The first-order valence-electron chi connectivity index (χ1n) is 7.59. The topological polar surface area (TPSA) is 18.5 Å². The van der Waals surface area contributed by atoms with Crippen LogP contribution >= 0.6 is 0 Å². The second kappa shape index (κ2) is 8.92. The van der Waals surface area contributed by atoms with E-state index in [9.17, 15) is 0 Å². The van der Waals surface area contributed by atoms with Gasteiger partial charge in [-0.1, -0.05) is 40.5 Å². The third kappa shape index (κ3) is 8.93. The van der Waals surface area contributed by atoms with Crippen LogP contribution in [0.1, 0.15) is 74.1 Å². The van der Waals surface area contributed by atoms with E-state index in [0.717, 1.165) is 19.4 Å². The van der Waals surface area contributed by atoms with Gasteiger partial charge in [0.25, 0.3) is 0 Å². The second-order valence-corrected chi connectivity index (χ2v) is 6.58. The Bertz CT molecular complexity index is 194. The molecule has 2 unspecified atom stereocenters. The monoisotopic (exact) mass is 258 g/mol. The zero-order chi connectivity index (χ0) is 14.2. The maximum Gasteiger partial charge on any atom is 0.0843 e. The first-order chi connectivity index (χ1) is 8.30. The summed E-state index contributed by atoms with van der Waals surface area (Å²) in [6, 6.07) is 0. The van der Waals surface area contributed by atoms with Crippen molar-refractivity contribution in [1.29, 1.82) is 0 Å². The van der Waals surface area contributed by atoms with Gasteiger partial charge in [-0.3, -0.25) is 0 Å². The van der Waals surface area contributed by atoms with Crippen LogP contribution in [0.4, 0.5) is 0 Å². The fraction of sp³-hybridized carbons (Fsp3) is 1.00. The number of hydrogen-bond donors (Lipinski definition) is 0. The minimum Gasteiger partial charge on any atom is -0.375 e. The predicted octanol–water partition coefficient (Wildman–Crippen LogP) is 4.81. The Hall–Kier alpha value is -0.0800. The van der Waals surface area contributed by atoms with E-state index in [1.807, 2.05) is 0 Å². The molecule has 18 heavy (non-hydrogen) atoms. The maximum atomic E-state index is 6.20. The van der Waals surface area contributed by atoms with E-state index in [1.54, 1.807) is 0 Å². The standard InChI is InChI=1S/C16H34O2/c1-8-10-11-15(18-16(5,6)7)14(9-2)17-12-13(3)4/h13-15H,8-12H2,1-7H3. The first-order valence-corrected chi connectivity index (χ1v) is 7.59. The number of unbranched alkanes of at least 4 members (excludes halogenated alkanes) is 1. The Kier molecular flexibility index (Phi) is 8.89. The maximum absolute atomic E-state index is 6.20. The Balaban J connectivity index is 4.46. The van der Waals surface area contributed by atoms with Gasteiger partial charge in [-0.2, -0.15) is 0 Å². The minimum atomic E-state index is -0.0903. The molecule has 0 spiro atoms. The van der Waals surface area contributed by atoms with Crippen LogP contribution in [0.25, 0.3) is 0 Å². The molecular formula is C16H34O2. The number of hydrogen-bond acceptors (Lipinski definition) is 2. The smallest absolute Gasteiger partial charge is 0.0843 e. The van der Waals surface area contributed by atoms with Crippen LogP contribution < -0.4 is 0 Å². The van der Waals surface area contributed by atoms with Gasteiger partial charge in [-0.05, 0) is 39.5 Å². The van der Waals surface area contributed by atoms with Crippen LogP contribution in [-0.2, 0) is 9.47 Å². The van der Waals surface area contributed by atoms with E-state index in [0.29, 0.717) is 5.92 Å². The highest BCUT2D eigenvalue weighted by Crippen LogP contribution is 2.22. The highest BCUT2D eigenvalue weighted by Gasteiger charge is 2.26. The fourth-order valence-electron chi connectivity index (χ4n) is 1.98. The van der Waals surface area contributed by atoms with Crippen molar-refractivity contribution in [2.45, 2.75) is 92.0 Å². The highest BCUT2D eigenvalue weighted by atomic mass is 16.6. The van der Waals surface area contributed by atoms with Crippen LogP contribution in [0, 0.1) is 5.92 Å². The summed E-state index contributed by atoms with van der Waals surface area (Å²) in [5.41, 5.74) is -0.0903. The van der Waals surface area contributed by atoms with Crippen molar-refractivity contribution in [3.8, 4) is 0 Å². The Morgan fingerprint density at radius 3 is 2.00 bits per heavy atom. The zero-order valence-corrected chi connectivity index (χ0v) is 13.6. The second-order valence-electron chi connectivity index (χ2n) is 6.58. The molecule has 0 amide bonds. The van der Waals surface area contributed by atoms with E-state index in [1.165, 1.54) is 12.8 Å².